The zero-order valence-corrected chi connectivity index (χ0v) is 16.5. The van der Waals surface area contributed by atoms with Gasteiger partial charge in [0.15, 0.2) is 11.5 Å². The molecule has 0 aliphatic heterocycles. The van der Waals surface area contributed by atoms with E-state index < -0.39 is 0 Å². The van der Waals surface area contributed by atoms with Crippen LogP contribution in [0.3, 0.4) is 0 Å². The SMILES string of the molecule is COc1cccc(OC2CCC(NC(=O)c3cn4cccnc4n3)CC2)c1OC. The average Bonchev–Trinajstić information content (AvgIpc) is 3.19. The third kappa shape index (κ3) is 4.11. The molecule has 1 fully saturated rings. The summed E-state index contributed by atoms with van der Waals surface area (Å²) in [5.41, 5.74) is 0.378. The van der Waals surface area contributed by atoms with Crippen LogP contribution >= 0.6 is 0 Å². The van der Waals surface area contributed by atoms with Gasteiger partial charge in [0, 0.05) is 24.6 Å². The second kappa shape index (κ2) is 8.38. The lowest BCUT2D eigenvalue weighted by atomic mass is 9.93. The van der Waals surface area contributed by atoms with Gasteiger partial charge < -0.3 is 19.5 Å². The van der Waals surface area contributed by atoms with Crippen LogP contribution in [-0.4, -0.2) is 46.6 Å². The minimum Gasteiger partial charge on any atom is -0.493 e. The predicted molar refractivity (Wildman–Crippen MR) is 107 cm³/mol. The molecule has 2 aromatic heterocycles. The van der Waals surface area contributed by atoms with E-state index in [1.54, 1.807) is 37.1 Å². The number of hydrogen-bond donors (Lipinski definition) is 1. The van der Waals surface area contributed by atoms with E-state index in [4.69, 9.17) is 14.2 Å². The van der Waals surface area contributed by atoms with Crippen LogP contribution in [0, 0.1) is 0 Å². The summed E-state index contributed by atoms with van der Waals surface area (Å²) in [5.74, 6) is 2.27. The van der Waals surface area contributed by atoms with Gasteiger partial charge in [-0.05, 0) is 43.9 Å². The quantitative estimate of drug-likeness (QED) is 0.689. The number of nitrogens with one attached hydrogen (secondary N) is 1. The molecule has 0 unspecified atom stereocenters. The molecule has 3 aromatic rings. The first-order valence-corrected chi connectivity index (χ1v) is 9.66. The number of hydrogen-bond acceptors (Lipinski definition) is 6. The Bertz CT molecular complexity index is 962. The van der Waals surface area contributed by atoms with E-state index in [0.29, 0.717) is 28.7 Å². The molecule has 0 radical (unpaired) electrons. The number of fused-ring (bicyclic) bond motifs is 1. The lowest BCUT2D eigenvalue weighted by Crippen LogP contribution is -2.39. The van der Waals surface area contributed by atoms with Gasteiger partial charge in [-0.15, -0.1) is 0 Å². The number of carbonyl (C=O) groups excluding carboxylic acids is 1. The van der Waals surface area contributed by atoms with Gasteiger partial charge in [-0.1, -0.05) is 6.07 Å². The van der Waals surface area contributed by atoms with Gasteiger partial charge in [-0.3, -0.25) is 9.20 Å². The number of rotatable bonds is 6. The summed E-state index contributed by atoms with van der Waals surface area (Å²) in [6.45, 7) is 0. The highest BCUT2D eigenvalue weighted by Gasteiger charge is 2.26. The van der Waals surface area contributed by atoms with Crippen molar-refractivity contribution in [3.8, 4) is 17.2 Å². The van der Waals surface area contributed by atoms with E-state index in [2.05, 4.69) is 15.3 Å². The van der Waals surface area contributed by atoms with Crippen molar-refractivity contribution in [3.05, 3.63) is 48.5 Å². The van der Waals surface area contributed by atoms with E-state index in [1.807, 2.05) is 24.4 Å². The maximum atomic E-state index is 12.5. The second-order valence-electron chi connectivity index (χ2n) is 7.01. The van der Waals surface area contributed by atoms with Gasteiger partial charge in [0.2, 0.25) is 11.5 Å². The number of nitrogens with zero attached hydrogens (tertiary/aromatic N) is 3. The number of aromatic nitrogens is 3. The van der Waals surface area contributed by atoms with Crippen molar-refractivity contribution < 1.29 is 19.0 Å². The zero-order valence-electron chi connectivity index (χ0n) is 16.5. The number of carbonyl (C=O) groups is 1. The van der Waals surface area contributed by atoms with Crippen LogP contribution < -0.4 is 19.5 Å². The normalized spacial score (nSPS) is 19.0. The van der Waals surface area contributed by atoms with Crippen molar-refractivity contribution in [1.29, 1.82) is 0 Å². The molecule has 8 nitrogen and oxygen atoms in total. The predicted octanol–water partition coefficient (Wildman–Crippen LogP) is 2.87. The maximum absolute atomic E-state index is 12.5. The van der Waals surface area contributed by atoms with Gasteiger partial charge in [0.05, 0.1) is 20.3 Å². The highest BCUT2D eigenvalue weighted by molar-refractivity contribution is 5.92. The Labute approximate surface area is 168 Å². The summed E-state index contributed by atoms with van der Waals surface area (Å²) in [6, 6.07) is 7.51. The molecule has 8 heteroatoms. The summed E-state index contributed by atoms with van der Waals surface area (Å²) in [4.78, 5) is 20.9. The lowest BCUT2D eigenvalue weighted by molar-refractivity contribution is 0.0887. The van der Waals surface area contributed by atoms with Crippen LogP contribution in [0.1, 0.15) is 36.2 Å². The van der Waals surface area contributed by atoms with Crippen LogP contribution in [0.2, 0.25) is 0 Å². The molecule has 1 amide bonds. The Morgan fingerprint density at radius 2 is 1.90 bits per heavy atom. The fraction of sp³-hybridized carbons (Fsp3) is 0.381. The third-order valence-corrected chi connectivity index (χ3v) is 5.14. The van der Waals surface area contributed by atoms with Crippen molar-refractivity contribution in [2.24, 2.45) is 0 Å². The van der Waals surface area contributed by atoms with Crippen molar-refractivity contribution in [2.45, 2.75) is 37.8 Å². The van der Waals surface area contributed by atoms with E-state index in [9.17, 15) is 4.79 Å². The van der Waals surface area contributed by atoms with E-state index in [0.717, 1.165) is 25.7 Å². The molecular formula is C21H24N4O4. The Hall–Kier alpha value is -3.29. The molecule has 152 valence electrons. The summed E-state index contributed by atoms with van der Waals surface area (Å²) in [7, 11) is 3.21. The highest BCUT2D eigenvalue weighted by Crippen LogP contribution is 2.38. The first-order chi connectivity index (χ1) is 14.2. The molecule has 0 saturated heterocycles. The van der Waals surface area contributed by atoms with Gasteiger partial charge >= 0.3 is 0 Å². The molecule has 0 spiro atoms. The van der Waals surface area contributed by atoms with Gasteiger partial charge in [-0.25, -0.2) is 9.97 Å². The number of benzene rings is 1. The number of ether oxygens (including phenoxy) is 3. The molecule has 1 aliphatic carbocycles. The van der Waals surface area contributed by atoms with Crippen LogP contribution in [0.4, 0.5) is 0 Å². The van der Waals surface area contributed by atoms with E-state index >= 15 is 0 Å². The molecule has 1 saturated carbocycles. The van der Waals surface area contributed by atoms with Gasteiger partial charge in [0.1, 0.15) is 5.69 Å². The average molecular weight is 396 g/mol. The topological polar surface area (TPSA) is 87.0 Å². The molecule has 0 atom stereocenters. The van der Waals surface area contributed by atoms with Crippen LogP contribution in [0.15, 0.2) is 42.9 Å². The minimum absolute atomic E-state index is 0.0727. The number of para-hydroxylation sites is 1. The van der Waals surface area contributed by atoms with Gasteiger partial charge in [-0.2, -0.15) is 0 Å². The standard InChI is InChI=1S/C21H24N4O4/c1-27-17-5-3-6-18(19(17)28-2)29-15-9-7-14(8-10-15)23-20(26)16-13-25-12-4-11-22-21(25)24-16/h3-6,11-15H,7-10H2,1-2H3,(H,23,26). The summed E-state index contributed by atoms with van der Waals surface area (Å²) in [5, 5.41) is 3.08. The van der Waals surface area contributed by atoms with Crippen LogP contribution in [0.5, 0.6) is 17.2 Å². The molecule has 29 heavy (non-hydrogen) atoms. The molecular weight excluding hydrogens is 372 g/mol. The lowest BCUT2D eigenvalue weighted by Gasteiger charge is -2.29. The minimum atomic E-state index is -0.172. The maximum Gasteiger partial charge on any atom is 0.271 e. The summed E-state index contributed by atoms with van der Waals surface area (Å²) >= 11 is 0. The number of imidazole rings is 1. The van der Waals surface area contributed by atoms with Crippen molar-refractivity contribution in [1.82, 2.24) is 19.7 Å². The monoisotopic (exact) mass is 396 g/mol. The number of methoxy groups -OCH3 is 2. The molecule has 1 aromatic carbocycles. The Morgan fingerprint density at radius 3 is 2.62 bits per heavy atom. The first kappa shape index (κ1) is 19.0. The second-order valence-corrected chi connectivity index (χ2v) is 7.01. The Kier molecular flexibility index (Phi) is 5.50. The van der Waals surface area contributed by atoms with E-state index in [-0.39, 0.29) is 18.1 Å². The molecule has 2 heterocycles. The largest absolute Gasteiger partial charge is 0.493 e. The fourth-order valence-electron chi connectivity index (χ4n) is 3.65. The molecule has 0 bridgehead atoms. The third-order valence-electron chi connectivity index (χ3n) is 5.14. The van der Waals surface area contributed by atoms with Crippen LogP contribution in [-0.2, 0) is 0 Å². The smallest absolute Gasteiger partial charge is 0.271 e. The zero-order chi connectivity index (χ0) is 20.2. The summed E-state index contributed by atoms with van der Waals surface area (Å²) < 4.78 is 18.7. The Balaban J connectivity index is 1.33. The van der Waals surface area contributed by atoms with Crippen molar-refractivity contribution in [3.63, 3.8) is 0 Å². The number of amides is 1. The molecule has 4 rings (SSSR count). The fourth-order valence-corrected chi connectivity index (χ4v) is 3.65. The van der Waals surface area contributed by atoms with Gasteiger partial charge in [0.25, 0.3) is 5.91 Å². The molecule has 1 N–H and O–H groups in total. The van der Waals surface area contributed by atoms with E-state index in [1.165, 1.54) is 0 Å². The molecule has 1 aliphatic rings. The van der Waals surface area contributed by atoms with Crippen molar-refractivity contribution >= 4 is 11.7 Å². The first-order valence-electron chi connectivity index (χ1n) is 9.66. The summed E-state index contributed by atoms with van der Waals surface area (Å²) in [6.07, 6.45) is 8.62. The van der Waals surface area contributed by atoms with Crippen molar-refractivity contribution in [2.75, 3.05) is 14.2 Å². The highest BCUT2D eigenvalue weighted by atomic mass is 16.5. The van der Waals surface area contributed by atoms with Crippen LogP contribution in [0.25, 0.3) is 5.78 Å². The Morgan fingerprint density at radius 1 is 1.10 bits per heavy atom.